The van der Waals surface area contributed by atoms with E-state index in [1.54, 1.807) is 6.20 Å². The average Bonchev–Trinajstić information content (AvgIpc) is 2.41. The van der Waals surface area contributed by atoms with Crippen molar-refractivity contribution in [2.75, 3.05) is 18.5 Å². The third-order valence-electron chi connectivity index (χ3n) is 2.71. The predicted octanol–water partition coefficient (Wildman–Crippen LogP) is 2.96. The Bertz CT molecular complexity index is 425. The molecule has 87 valence electrons. The molecule has 0 aliphatic heterocycles. The van der Waals surface area contributed by atoms with Gasteiger partial charge in [0.25, 0.3) is 0 Å². The van der Waals surface area contributed by atoms with E-state index in [0.717, 1.165) is 18.7 Å². The zero-order chi connectivity index (χ0) is 11.9. The molecule has 0 N–H and O–H groups in total. The second-order valence-corrected chi connectivity index (χ2v) is 4.07. The van der Waals surface area contributed by atoms with Crippen LogP contribution in [0.25, 0.3) is 0 Å². The first kappa shape index (κ1) is 11.6. The molecule has 0 spiro atoms. The van der Waals surface area contributed by atoms with Crippen LogP contribution in [0, 0.1) is 6.42 Å². The molecule has 2 aromatic rings. The lowest BCUT2D eigenvalue weighted by Gasteiger charge is -2.18. The van der Waals surface area contributed by atoms with Crippen LogP contribution in [0.3, 0.4) is 0 Å². The molecule has 0 saturated heterocycles. The Morgan fingerprint density at radius 2 is 1.94 bits per heavy atom. The Labute approximate surface area is 103 Å². The van der Waals surface area contributed by atoms with Crippen LogP contribution in [0.2, 0.25) is 0 Å². The maximum atomic E-state index is 4.12. The summed E-state index contributed by atoms with van der Waals surface area (Å²) in [7, 11) is 2.08. The van der Waals surface area contributed by atoms with E-state index in [4.69, 9.17) is 0 Å². The highest BCUT2D eigenvalue weighted by Crippen LogP contribution is 2.10. The molecule has 0 aliphatic carbocycles. The Balaban J connectivity index is 1.79. The van der Waals surface area contributed by atoms with Gasteiger partial charge in [-0.3, -0.25) is 4.98 Å². The standard InChI is InChI=1S/C15H17N2/c1-17(15-10-5-11-16-13-15)12-6-9-14-7-3-2-4-8-14/h2-8,10-11,13H,9,12H2,1H3. The highest BCUT2D eigenvalue weighted by Gasteiger charge is 2.00. The smallest absolute Gasteiger partial charge is 0.0550 e. The van der Waals surface area contributed by atoms with E-state index >= 15 is 0 Å². The van der Waals surface area contributed by atoms with Crippen molar-refractivity contribution >= 4 is 5.69 Å². The van der Waals surface area contributed by atoms with E-state index in [1.807, 2.05) is 18.3 Å². The van der Waals surface area contributed by atoms with Crippen LogP contribution in [-0.4, -0.2) is 18.6 Å². The zero-order valence-corrected chi connectivity index (χ0v) is 10.1. The summed E-state index contributed by atoms with van der Waals surface area (Å²) >= 11 is 0. The molecule has 0 atom stereocenters. The van der Waals surface area contributed by atoms with E-state index in [-0.39, 0.29) is 0 Å². The van der Waals surface area contributed by atoms with Crippen molar-refractivity contribution in [3.63, 3.8) is 0 Å². The molecule has 17 heavy (non-hydrogen) atoms. The van der Waals surface area contributed by atoms with Crippen molar-refractivity contribution in [1.82, 2.24) is 4.98 Å². The molecular weight excluding hydrogens is 208 g/mol. The predicted molar refractivity (Wildman–Crippen MR) is 72.0 cm³/mol. The van der Waals surface area contributed by atoms with E-state index in [1.165, 1.54) is 5.56 Å². The molecule has 2 nitrogen and oxygen atoms in total. The number of pyridine rings is 1. The normalized spacial score (nSPS) is 10.2. The zero-order valence-electron chi connectivity index (χ0n) is 10.1. The van der Waals surface area contributed by atoms with Gasteiger partial charge < -0.3 is 4.90 Å². The monoisotopic (exact) mass is 225 g/mol. The fourth-order valence-electron chi connectivity index (χ4n) is 1.72. The lowest BCUT2D eigenvalue weighted by molar-refractivity contribution is 0.931. The molecule has 0 aliphatic rings. The summed E-state index contributed by atoms with van der Waals surface area (Å²) in [6, 6.07) is 14.5. The topological polar surface area (TPSA) is 16.1 Å². The minimum absolute atomic E-state index is 0.931. The van der Waals surface area contributed by atoms with Crippen molar-refractivity contribution in [3.05, 3.63) is 66.8 Å². The fourth-order valence-corrected chi connectivity index (χ4v) is 1.72. The van der Waals surface area contributed by atoms with Crippen LogP contribution in [0.1, 0.15) is 5.56 Å². The van der Waals surface area contributed by atoms with Gasteiger partial charge in [-0.1, -0.05) is 30.3 Å². The largest absolute Gasteiger partial charge is 0.373 e. The maximum absolute atomic E-state index is 4.12. The van der Waals surface area contributed by atoms with Gasteiger partial charge in [0.1, 0.15) is 0 Å². The lowest BCUT2D eigenvalue weighted by atomic mass is 10.1. The summed E-state index contributed by atoms with van der Waals surface area (Å²) in [5.74, 6) is 0. The number of aromatic nitrogens is 1. The molecule has 0 bridgehead atoms. The van der Waals surface area contributed by atoms with Crippen molar-refractivity contribution in [3.8, 4) is 0 Å². The van der Waals surface area contributed by atoms with E-state index in [0.29, 0.717) is 0 Å². The van der Waals surface area contributed by atoms with Crippen LogP contribution in [-0.2, 0) is 6.42 Å². The number of hydrogen-bond donors (Lipinski definition) is 0. The second-order valence-electron chi connectivity index (χ2n) is 4.07. The lowest BCUT2D eigenvalue weighted by Crippen LogP contribution is -2.19. The van der Waals surface area contributed by atoms with Crippen molar-refractivity contribution in [2.24, 2.45) is 0 Å². The molecule has 1 aromatic carbocycles. The first-order chi connectivity index (χ1) is 8.36. The number of nitrogens with zero attached hydrogens (tertiary/aromatic N) is 2. The summed E-state index contributed by atoms with van der Waals surface area (Å²) in [6.07, 6.45) is 6.97. The SMILES string of the molecule is CN(C[CH]Cc1ccccc1)c1cccnc1. The third kappa shape index (κ3) is 3.59. The van der Waals surface area contributed by atoms with Gasteiger partial charge in [0, 0.05) is 19.8 Å². The number of hydrogen-bond acceptors (Lipinski definition) is 2. The number of rotatable bonds is 5. The molecule has 0 unspecified atom stereocenters. The van der Waals surface area contributed by atoms with Crippen molar-refractivity contribution in [2.45, 2.75) is 6.42 Å². The van der Waals surface area contributed by atoms with Gasteiger partial charge in [-0.05, 0) is 30.5 Å². The summed E-state index contributed by atoms with van der Waals surface area (Å²) in [6.45, 7) is 0.931. The maximum Gasteiger partial charge on any atom is 0.0550 e. The molecule has 2 heteroatoms. The molecule has 2 rings (SSSR count). The summed E-state index contributed by atoms with van der Waals surface area (Å²) in [5, 5.41) is 0. The van der Waals surface area contributed by atoms with E-state index in [2.05, 4.69) is 53.7 Å². The van der Waals surface area contributed by atoms with Crippen LogP contribution < -0.4 is 4.90 Å². The Morgan fingerprint density at radius 1 is 1.12 bits per heavy atom. The molecular formula is C15H17N2. The molecule has 1 heterocycles. The van der Waals surface area contributed by atoms with Gasteiger partial charge in [0.15, 0.2) is 0 Å². The van der Waals surface area contributed by atoms with Crippen molar-refractivity contribution in [1.29, 1.82) is 0 Å². The number of anilines is 1. The minimum atomic E-state index is 0.931. The highest BCUT2D eigenvalue weighted by molar-refractivity contribution is 5.43. The molecule has 1 radical (unpaired) electrons. The van der Waals surface area contributed by atoms with Gasteiger partial charge in [0.2, 0.25) is 0 Å². The molecule has 0 saturated carbocycles. The van der Waals surface area contributed by atoms with Crippen LogP contribution in [0.4, 0.5) is 5.69 Å². The van der Waals surface area contributed by atoms with Gasteiger partial charge in [0.05, 0.1) is 11.9 Å². The van der Waals surface area contributed by atoms with Gasteiger partial charge in [-0.25, -0.2) is 0 Å². The van der Waals surface area contributed by atoms with Gasteiger partial charge in [-0.2, -0.15) is 0 Å². The summed E-state index contributed by atoms with van der Waals surface area (Å²) < 4.78 is 0. The van der Waals surface area contributed by atoms with E-state index < -0.39 is 0 Å². The van der Waals surface area contributed by atoms with Crippen LogP contribution in [0.15, 0.2) is 54.9 Å². The summed E-state index contributed by atoms with van der Waals surface area (Å²) in [4.78, 5) is 6.31. The quantitative estimate of drug-likeness (QED) is 0.777. The van der Waals surface area contributed by atoms with Crippen molar-refractivity contribution < 1.29 is 0 Å². The average molecular weight is 225 g/mol. The minimum Gasteiger partial charge on any atom is -0.373 e. The second kappa shape index (κ2) is 6.04. The van der Waals surface area contributed by atoms with E-state index in [9.17, 15) is 0 Å². The number of benzene rings is 1. The Kier molecular flexibility index (Phi) is 4.14. The van der Waals surface area contributed by atoms with Crippen LogP contribution >= 0.6 is 0 Å². The first-order valence-electron chi connectivity index (χ1n) is 5.83. The van der Waals surface area contributed by atoms with Gasteiger partial charge in [-0.15, -0.1) is 0 Å². The molecule has 0 fully saturated rings. The van der Waals surface area contributed by atoms with Gasteiger partial charge >= 0.3 is 0 Å². The Hall–Kier alpha value is -1.83. The Morgan fingerprint density at radius 3 is 2.65 bits per heavy atom. The first-order valence-corrected chi connectivity index (χ1v) is 5.83. The molecule has 0 amide bonds. The highest BCUT2D eigenvalue weighted by atomic mass is 15.1. The summed E-state index contributed by atoms with van der Waals surface area (Å²) in [5.41, 5.74) is 2.50. The third-order valence-corrected chi connectivity index (χ3v) is 2.71. The van der Waals surface area contributed by atoms with Crippen LogP contribution in [0.5, 0.6) is 0 Å². The molecule has 1 aromatic heterocycles. The fraction of sp³-hybridized carbons (Fsp3) is 0.200.